The van der Waals surface area contributed by atoms with E-state index in [1.807, 2.05) is 18.0 Å². The summed E-state index contributed by atoms with van der Waals surface area (Å²) < 4.78 is 5.14. The first-order valence-electron chi connectivity index (χ1n) is 7.08. The molecular formula is C14H22N4O3. The zero-order valence-electron chi connectivity index (χ0n) is 12.5. The normalized spacial score (nSPS) is 15.7. The Bertz CT molecular complexity index is 489. The molecule has 0 saturated carbocycles. The second-order valence-electron chi connectivity index (χ2n) is 5.16. The highest BCUT2D eigenvalue weighted by atomic mass is 16.6. The Morgan fingerprint density at radius 3 is 2.71 bits per heavy atom. The molecule has 116 valence electrons. The van der Waals surface area contributed by atoms with Gasteiger partial charge in [-0.2, -0.15) is 0 Å². The zero-order chi connectivity index (χ0) is 15.2. The van der Waals surface area contributed by atoms with Crippen molar-refractivity contribution < 1.29 is 9.66 Å². The van der Waals surface area contributed by atoms with Gasteiger partial charge in [-0.1, -0.05) is 0 Å². The molecule has 1 aromatic rings. The van der Waals surface area contributed by atoms with Gasteiger partial charge in [0.1, 0.15) is 5.75 Å². The number of non-ortho nitro benzene ring substituents is 1. The SMILES string of the molecule is COc1cc(N(C)CCN2CCNCC2)cc([N+](=O)[O-])c1. The van der Waals surface area contributed by atoms with Crippen LogP contribution in [0.5, 0.6) is 5.75 Å². The Hall–Kier alpha value is -1.86. The number of hydrogen-bond donors (Lipinski definition) is 1. The van der Waals surface area contributed by atoms with Crippen molar-refractivity contribution in [2.75, 3.05) is 58.3 Å². The molecule has 0 atom stereocenters. The second kappa shape index (κ2) is 7.24. The number of hydrogen-bond acceptors (Lipinski definition) is 6. The van der Waals surface area contributed by atoms with Crippen LogP contribution in [0.15, 0.2) is 18.2 Å². The molecule has 1 heterocycles. The van der Waals surface area contributed by atoms with Gasteiger partial charge in [0.15, 0.2) is 0 Å². The fraction of sp³-hybridized carbons (Fsp3) is 0.571. The maximum atomic E-state index is 11.0. The predicted molar refractivity (Wildman–Crippen MR) is 82.2 cm³/mol. The molecule has 0 unspecified atom stereocenters. The van der Waals surface area contributed by atoms with Crippen molar-refractivity contribution in [2.45, 2.75) is 0 Å². The van der Waals surface area contributed by atoms with Gasteiger partial charge in [-0.05, 0) is 0 Å². The summed E-state index contributed by atoms with van der Waals surface area (Å²) in [5.41, 5.74) is 0.856. The smallest absolute Gasteiger partial charge is 0.275 e. The molecule has 21 heavy (non-hydrogen) atoms. The minimum atomic E-state index is -0.393. The van der Waals surface area contributed by atoms with Gasteiger partial charge in [0.05, 0.1) is 18.1 Å². The Balaban J connectivity index is 2.01. The van der Waals surface area contributed by atoms with Crippen LogP contribution in [-0.2, 0) is 0 Å². The van der Waals surface area contributed by atoms with E-state index in [4.69, 9.17) is 4.74 Å². The molecule has 1 aliphatic rings. The molecular weight excluding hydrogens is 272 g/mol. The molecule has 1 aliphatic heterocycles. The van der Waals surface area contributed by atoms with Gasteiger partial charge in [-0.25, -0.2) is 0 Å². The van der Waals surface area contributed by atoms with E-state index >= 15 is 0 Å². The number of ether oxygens (including phenoxy) is 1. The summed E-state index contributed by atoms with van der Waals surface area (Å²) in [6, 6.07) is 4.85. The van der Waals surface area contributed by atoms with E-state index in [1.54, 1.807) is 6.07 Å². The van der Waals surface area contributed by atoms with E-state index in [0.29, 0.717) is 5.75 Å². The van der Waals surface area contributed by atoms with Crippen molar-refractivity contribution in [3.8, 4) is 5.75 Å². The number of methoxy groups -OCH3 is 1. The van der Waals surface area contributed by atoms with Crippen molar-refractivity contribution in [1.82, 2.24) is 10.2 Å². The molecule has 0 radical (unpaired) electrons. The lowest BCUT2D eigenvalue weighted by molar-refractivity contribution is -0.384. The van der Waals surface area contributed by atoms with Gasteiger partial charge >= 0.3 is 0 Å². The number of nitrogens with zero attached hydrogens (tertiary/aromatic N) is 3. The summed E-state index contributed by atoms with van der Waals surface area (Å²) in [5, 5.41) is 14.3. The van der Waals surface area contributed by atoms with Gasteiger partial charge in [-0.3, -0.25) is 15.0 Å². The number of anilines is 1. The van der Waals surface area contributed by atoms with Crippen LogP contribution < -0.4 is 15.0 Å². The number of nitro groups is 1. The minimum Gasteiger partial charge on any atom is -0.496 e. The second-order valence-corrected chi connectivity index (χ2v) is 5.16. The van der Waals surface area contributed by atoms with E-state index in [9.17, 15) is 10.1 Å². The van der Waals surface area contributed by atoms with Crippen molar-refractivity contribution in [3.63, 3.8) is 0 Å². The Kier molecular flexibility index (Phi) is 5.35. The summed E-state index contributed by atoms with van der Waals surface area (Å²) in [5.74, 6) is 0.508. The van der Waals surface area contributed by atoms with Crippen LogP contribution in [0.25, 0.3) is 0 Å². The Morgan fingerprint density at radius 2 is 2.10 bits per heavy atom. The van der Waals surface area contributed by atoms with Crippen molar-refractivity contribution >= 4 is 11.4 Å². The minimum absolute atomic E-state index is 0.0540. The van der Waals surface area contributed by atoms with Crippen molar-refractivity contribution in [2.24, 2.45) is 0 Å². The van der Waals surface area contributed by atoms with Gasteiger partial charge in [0.25, 0.3) is 5.69 Å². The molecule has 7 nitrogen and oxygen atoms in total. The molecule has 0 bridgehead atoms. The first-order valence-corrected chi connectivity index (χ1v) is 7.08. The number of piperazine rings is 1. The van der Waals surface area contributed by atoms with Gasteiger partial charge in [0, 0.05) is 64.1 Å². The van der Waals surface area contributed by atoms with E-state index < -0.39 is 4.92 Å². The summed E-state index contributed by atoms with van der Waals surface area (Å²) in [7, 11) is 3.46. The monoisotopic (exact) mass is 294 g/mol. The molecule has 0 spiro atoms. The van der Waals surface area contributed by atoms with Crippen molar-refractivity contribution in [3.05, 3.63) is 28.3 Å². The van der Waals surface area contributed by atoms with E-state index in [2.05, 4.69) is 10.2 Å². The number of likely N-dealkylation sites (N-methyl/N-ethyl adjacent to an activating group) is 1. The lowest BCUT2D eigenvalue weighted by Crippen LogP contribution is -2.46. The highest BCUT2D eigenvalue weighted by Crippen LogP contribution is 2.27. The fourth-order valence-electron chi connectivity index (χ4n) is 2.37. The standard InChI is InChI=1S/C14H22N4O3/c1-16(7-8-17-5-3-15-4-6-17)12-9-13(18(19)20)11-14(10-12)21-2/h9-11,15H,3-8H2,1-2H3. The zero-order valence-corrected chi connectivity index (χ0v) is 12.5. The number of benzene rings is 1. The first kappa shape index (κ1) is 15.5. The maximum Gasteiger partial charge on any atom is 0.275 e. The third kappa shape index (κ3) is 4.30. The average Bonchev–Trinajstić information content (AvgIpc) is 2.53. The van der Waals surface area contributed by atoms with Crippen LogP contribution >= 0.6 is 0 Å². The molecule has 1 aromatic carbocycles. The van der Waals surface area contributed by atoms with Gasteiger partial charge in [0.2, 0.25) is 0 Å². The molecule has 0 aliphatic carbocycles. The van der Waals surface area contributed by atoms with Crippen LogP contribution in [-0.4, -0.2) is 63.2 Å². The topological polar surface area (TPSA) is 70.9 Å². The van der Waals surface area contributed by atoms with E-state index in [-0.39, 0.29) is 5.69 Å². The number of rotatable bonds is 6. The molecule has 0 amide bonds. The first-order chi connectivity index (χ1) is 10.1. The fourth-order valence-corrected chi connectivity index (χ4v) is 2.37. The molecule has 2 rings (SSSR count). The number of nitro benzene ring substituents is 1. The van der Waals surface area contributed by atoms with E-state index in [1.165, 1.54) is 13.2 Å². The lowest BCUT2D eigenvalue weighted by atomic mass is 10.2. The maximum absolute atomic E-state index is 11.0. The van der Waals surface area contributed by atoms with Gasteiger partial charge in [-0.15, -0.1) is 0 Å². The Labute approximate surface area is 124 Å². The van der Waals surface area contributed by atoms with Crippen LogP contribution in [0.4, 0.5) is 11.4 Å². The largest absolute Gasteiger partial charge is 0.496 e. The van der Waals surface area contributed by atoms with Crippen LogP contribution in [0, 0.1) is 10.1 Å². The molecule has 1 saturated heterocycles. The highest BCUT2D eigenvalue weighted by molar-refractivity contribution is 5.57. The molecule has 0 aromatic heterocycles. The molecule has 1 fully saturated rings. The quantitative estimate of drug-likeness (QED) is 0.622. The van der Waals surface area contributed by atoms with Crippen LogP contribution in [0.3, 0.4) is 0 Å². The lowest BCUT2D eigenvalue weighted by Gasteiger charge is -2.29. The Morgan fingerprint density at radius 1 is 1.38 bits per heavy atom. The third-order valence-electron chi connectivity index (χ3n) is 3.72. The van der Waals surface area contributed by atoms with Crippen LogP contribution in [0.1, 0.15) is 0 Å². The van der Waals surface area contributed by atoms with Gasteiger partial charge < -0.3 is 15.0 Å². The molecule has 1 N–H and O–H groups in total. The summed E-state index contributed by atoms with van der Waals surface area (Å²) in [6.07, 6.45) is 0. The third-order valence-corrected chi connectivity index (χ3v) is 3.72. The predicted octanol–water partition coefficient (Wildman–Crippen LogP) is 0.945. The van der Waals surface area contributed by atoms with Crippen LogP contribution in [0.2, 0.25) is 0 Å². The molecule has 7 heteroatoms. The summed E-state index contributed by atoms with van der Waals surface area (Å²) in [4.78, 5) is 15.0. The van der Waals surface area contributed by atoms with Crippen molar-refractivity contribution in [1.29, 1.82) is 0 Å². The van der Waals surface area contributed by atoms with E-state index in [0.717, 1.165) is 45.0 Å². The highest BCUT2D eigenvalue weighted by Gasteiger charge is 2.14. The summed E-state index contributed by atoms with van der Waals surface area (Å²) >= 11 is 0. The number of nitrogens with one attached hydrogen (secondary N) is 1. The average molecular weight is 294 g/mol. The summed E-state index contributed by atoms with van der Waals surface area (Å²) in [6.45, 7) is 5.91.